The lowest BCUT2D eigenvalue weighted by molar-refractivity contribution is -0.163. The molecule has 5 N–H and O–H groups in total. The van der Waals surface area contributed by atoms with Crippen molar-refractivity contribution in [3.8, 4) is 11.5 Å². The van der Waals surface area contributed by atoms with Crippen molar-refractivity contribution in [2.24, 2.45) is 0 Å². The number of rotatable bonds is 1. The molecule has 9 nitrogen and oxygen atoms in total. The van der Waals surface area contributed by atoms with E-state index in [4.69, 9.17) is 4.74 Å². The molecule has 5 rings (SSSR count). The van der Waals surface area contributed by atoms with Gasteiger partial charge in [0.15, 0.2) is 17.3 Å². The number of phenols is 2. The molecule has 0 saturated carbocycles. The molecular weight excluding hydrogens is 444 g/mol. The Hall–Kier alpha value is -3.11. The van der Waals surface area contributed by atoms with Gasteiger partial charge in [0.25, 0.3) is 0 Å². The van der Waals surface area contributed by atoms with Gasteiger partial charge in [0.05, 0.1) is 29.5 Å². The highest BCUT2D eigenvalue weighted by Crippen LogP contribution is 2.45. The average molecular weight is 468 g/mol. The highest BCUT2D eigenvalue weighted by Gasteiger charge is 2.43. The van der Waals surface area contributed by atoms with Crippen molar-refractivity contribution in [2.45, 2.75) is 63.1 Å². The van der Waals surface area contributed by atoms with Gasteiger partial charge in [-0.3, -0.25) is 14.4 Å². The molecule has 0 spiro atoms. The summed E-state index contributed by atoms with van der Waals surface area (Å²) in [6, 6.07) is 3.88. The van der Waals surface area contributed by atoms with Gasteiger partial charge >= 0.3 is 0 Å². The summed E-state index contributed by atoms with van der Waals surface area (Å²) in [7, 11) is 0. The number of hydrogen-bond acceptors (Lipinski definition) is 9. The third-order valence-electron chi connectivity index (χ3n) is 7.00. The fraction of sp³-hybridized carbons (Fsp3) is 0.400. The number of hydrogen-bond donors (Lipinski definition) is 5. The number of fused-ring (bicyclic) bond motifs is 4. The van der Waals surface area contributed by atoms with Crippen molar-refractivity contribution in [3.05, 3.63) is 57.1 Å². The van der Waals surface area contributed by atoms with Crippen molar-refractivity contribution < 1.29 is 44.7 Å². The zero-order valence-electron chi connectivity index (χ0n) is 18.5. The van der Waals surface area contributed by atoms with Crippen LogP contribution in [0.1, 0.15) is 86.1 Å². The van der Waals surface area contributed by atoms with E-state index in [1.807, 2.05) is 0 Å². The summed E-state index contributed by atoms with van der Waals surface area (Å²) < 4.78 is 5.71. The minimum Gasteiger partial charge on any atom is -0.508 e. The molecule has 0 amide bonds. The van der Waals surface area contributed by atoms with E-state index in [0.29, 0.717) is 0 Å². The average Bonchev–Trinajstić information content (AvgIpc) is 2.75. The van der Waals surface area contributed by atoms with Gasteiger partial charge < -0.3 is 30.3 Å². The van der Waals surface area contributed by atoms with Crippen molar-refractivity contribution in [3.63, 3.8) is 0 Å². The minimum atomic E-state index is -1.39. The summed E-state index contributed by atoms with van der Waals surface area (Å²) in [5.74, 6) is -2.82. The first-order valence-electron chi connectivity index (χ1n) is 11.0. The number of ether oxygens (including phenoxy) is 1. The lowest BCUT2D eigenvalue weighted by Gasteiger charge is -2.36. The number of aromatic hydroxyl groups is 2. The zero-order valence-corrected chi connectivity index (χ0v) is 18.5. The summed E-state index contributed by atoms with van der Waals surface area (Å²) in [4.78, 5) is 39.8. The Bertz CT molecular complexity index is 1260. The summed E-state index contributed by atoms with van der Waals surface area (Å²) in [6.45, 7) is 3.03. The normalized spacial score (nSPS) is 30.6. The number of phenolic OH excluding ortho intramolecular Hbond substituents is 2. The summed E-state index contributed by atoms with van der Waals surface area (Å²) in [6.07, 6.45) is -4.11. The zero-order chi connectivity index (χ0) is 24.7. The van der Waals surface area contributed by atoms with Gasteiger partial charge in [-0.2, -0.15) is 0 Å². The Labute approximate surface area is 194 Å². The van der Waals surface area contributed by atoms with E-state index in [1.54, 1.807) is 6.92 Å². The lowest BCUT2D eigenvalue weighted by Crippen LogP contribution is -2.44. The second kappa shape index (κ2) is 7.44. The van der Waals surface area contributed by atoms with Crippen LogP contribution in [0.4, 0.5) is 0 Å². The van der Waals surface area contributed by atoms with E-state index >= 15 is 0 Å². The van der Waals surface area contributed by atoms with E-state index in [0.717, 1.165) is 6.07 Å². The lowest BCUT2D eigenvalue weighted by atomic mass is 9.72. The molecule has 9 heteroatoms. The highest BCUT2D eigenvalue weighted by atomic mass is 16.5. The molecule has 0 bridgehead atoms. The van der Waals surface area contributed by atoms with Gasteiger partial charge in [0.1, 0.15) is 17.6 Å². The second-order valence-electron chi connectivity index (χ2n) is 9.65. The number of carbonyl (C=O) groups is 3. The quantitative estimate of drug-likeness (QED) is 0.355. The van der Waals surface area contributed by atoms with Gasteiger partial charge in [-0.05, 0) is 26.0 Å². The summed E-state index contributed by atoms with van der Waals surface area (Å²) >= 11 is 0. The third kappa shape index (κ3) is 3.19. The monoisotopic (exact) mass is 468 g/mol. The molecule has 178 valence electrons. The molecule has 1 fully saturated rings. The van der Waals surface area contributed by atoms with E-state index in [-0.39, 0.29) is 64.0 Å². The molecule has 34 heavy (non-hydrogen) atoms. The first kappa shape index (κ1) is 22.7. The van der Waals surface area contributed by atoms with Crippen LogP contribution in [-0.4, -0.2) is 66.8 Å². The molecule has 1 saturated heterocycles. The van der Waals surface area contributed by atoms with Crippen LogP contribution in [0.3, 0.4) is 0 Å². The Kier molecular flexibility index (Phi) is 4.96. The summed E-state index contributed by atoms with van der Waals surface area (Å²) in [5, 5.41) is 52.0. The Morgan fingerprint density at radius 1 is 0.971 bits per heavy atom. The molecule has 1 heterocycles. The summed E-state index contributed by atoms with van der Waals surface area (Å²) in [5.41, 5.74) is -1.89. The van der Waals surface area contributed by atoms with E-state index in [1.165, 1.54) is 19.1 Å². The van der Waals surface area contributed by atoms with E-state index in [2.05, 4.69) is 0 Å². The second-order valence-corrected chi connectivity index (χ2v) is 9.65. The Morgan fingerprint density at radius 2 is 1.65 bits per heavy atom. The molecule has 2 aliphatic carbocycles. The number of benzene rings is 2. The largest absolute Gasteiger partial charge is 0.508 e. The molecule has 0 radical (unpaired) electrons. The maximum absolute atomic E-state index is 13.5. The number of ketones is 3. The predicted octanol–water partition coefficient (Wildman–Crippen LogP) is 1.32. The van der Waals surface area contributed by atoms with Crippen LogP contribution in [0.5, 0.6) is 11.5 Å². The maximum Gasteiger partial charge on any atom is 0.198 e. The van der Waals surface area contributed by atoms with Crippen molar-refractivity contribution in [2.75, 3.05) is 0 Å². The molecular formula is C25H24O9. The predicted molar refractivity (Wildman–Crippen MR) is 116 cm³/mol. The van der Waals surface area contributed by atoms with Gasteiger partial charge in [0, 0.05) is 52.6 Å². The molecule has 2 aromatic rings. The van der Waals surface area contributed by atoms with Gasteiger partial charge in [-0.1, -0.05) is 6.07 Å². The number of carbonyl (C=O) groups excluding carboxylic acids is 3. The van der Waals surface area contributed by atoms with Gasteiger partial charge in [-0.15, -0.1) is 0 Å². The van der Waals surface area contributed by atoms with Crippen LogP contribution >= 0.6 is 0 Å². The van der Waals surface area contributed by atoms with E-state index in [9.17, 15) is 39.9 Å². The van der Waals surface area contributed by atoms with Gasteiger partial charge in [0.2, 0.25) is 0 Å². The van der Waals surface area contributed by atoms with Crippen molar-refractivity contribution in [1.29, 1.82) is 0 Å². The smallest absolute Gasteiger partial charge is 0.198 e. The van der Waals surface area contributed by atoms with Gasteiger partial charge in [-0.25, -0.2) is 0 Å². The molecule has 5 atom stereocenters. The van der Waals surface area contributed by atoms with Crippen molar-refractivity contribution in [1.82, 2.24) is 0 Å². The van der Waals surface area contributed by atoms with Crippen LogP contribution in [0.15, 0.2) is 18.2 Å². The fourth-order valence-corrected chi connectivity index (χ4v) is 5.31. The Morgan fingerprint density at radius 3 is 2.32 bits per heavy atom. The standard InChI is InChI=1S/C25H24O9/c1-9-21(29)15(27)6-17(34-9)10-3-4-11-20(22(10)30)24(32)12-5-14(26)13-7-25(2,33)8-16(28)18(13)19(12)23(11)31/h3-5,9,15,17,21,26-27,29-30,33H,6-8H2,1-2H3/t9?,15?,17?,21?,25-/m1/s1. The van der Waals surface area contributed by atoms with Crippen molar-refractivity contribution >= 4 is 17.3 Å². The molecule has 4 unspecified atom stereocenters. The number of aliphatic hydroxyl groups excluding tert-OH is 2. The number of aliphatic hydroxyl groups is 3. The van der Waals surface area contributed by atoms with Crippen LogP contribution in [0, 0.1) is 0 Å². The molecule has 3 aliphatic rings. The fourth-order valence-electron chi connectivity index (χ4n) is 5.31. The molecule has 2 aromatic carbocycles. The first-order chi connectivity index (χ1) is 15.9. The minimum absolute atomic E-state index is 0.0285. The SMILES string of the molecule is CC1OC(c2ccc3c(c2O)C(=O)c2cc(O)c4c(c2C3=O)C(=O)C[C@](C)(O)C4)CC(O)C1O. The molecule has 0 aromatic heterocycles. The van der Waals surface area contributed by atoms with Crippen LogP contribution in [-0.2, 0) is 11.2 Å². The Balaban J connectivity index is 1.65. The topological polar surface area (TPSA) is 162 Å². The van der Waals surface area contributed by atoms with Crippen LogP contribution in [0.25, 0.3) is 0 Å². The molecule has 1 aliphatic heterocycles. The van der Waals surface area contributed by atoms with Crippen LogP contribution < -0.4 is 0 Å². The highest BCUT2D eigenvalue weighted by molar-refractivity contribution is 6.32. The van der Waals surface area contributed by atoms with Crippen LogP contribution in [0.2, 0.25) is 0 Å². The van der Waals surface area contributed by atoms with E-state index < -0.39 is 53.1 Å². The third-order valence-corrected chi connectivity index (χ3v) is 7.00. The maximum atomic E-state index is 13.5. The number of Topliss-reactive ketones (excluding diaryl/α,β-unsaturated/α-hetero) is 1. The first-order valence-corrected chi connectivity index (χ1v) is 11.0.